The number of halogens is 2. The molecule has 0 bridgehead atoms. The molecule has 0 aliphatic heterocycles. The number of fused-ring (bicyclic) bond motifs is 1. The Hall–Kier alpha value is -1.56. The molecule has 2 aromatic rings. The van der Waals surface area contributed by atoms with Gasteiger partial charge in [0, 0.05) is 30.4 Å². The van der Waals surface area contributed by atoms with Gasteiger partial charge in [-0.3, -0.25) is 0 Å². The second-order valence-electron chi connectivity index (χ2n) is 3.83. The second-order valence-corrected chi connectivity index (χ2v) is 3.83. The molecule has 0 saturated heterocycles. The standard InChI is InChI=1S/C9H8F2N4/c10-9(11)5-8(9,12)6-3-13-7-1-2-14-15(7)4-6/h1-4H,5,12H2. The lowest BCUT2D eigenvalue weighted by Gasteiger charge is -2.09. The van der Waals surface area contributed by atoms with Crippen LogP contribution >= 0.6 is 0 Å². The first-order valence-electron chi connectivity index (χ1n) is 4.49. The van der Waals surface area contributed by atoms with Gasteiger partial charge in [-0.05, 0) is 0 Å². The van der Waals surface area contributed by atoms with Gasteiger partial charge in [0.1, 0.15) is 5.54 Å². The van der Waals surface area contributed by atoms with Crippen molar-refractivity contribution >= 4 is 5.65 Å². The van der Waals surface area contributed by atoms with Crippen molar-refractivity contribution in [3.05, 3.63) is 30.2 Å². The highest BCUT2D eigenvalue weighted by Gasteiger charge is 2.70. The van der Waals surface area contributed by atoms with Gasteiger partial charge in [0.15, 0.2) is 5.65 Å². The maximum atomic E-state index is 13.0. The van der Waals surface area contributed by atoms with Crippen LogP contribution in [-0.4, -0.2) is 20.5 Å². The maximum Gasteiger partial charge on any atom is 0.272 e. The molecule has 6 heteroatoms. The van der Waals surface area contributed by atoms with Crippen LogP contribution < -0.4 is 5.73 Å². The molecule has 0 spiro atoms. The second kappa shape index (κ2) is 2.33. The van der Waals surface area contributed by atoms with E-state index in [0.29, 0.717) is 11.2 Å². The van der Waals surface area contributed by atoms with E-state index < -0.39 is 11.5 Å². The average Bonchev–Trinajstić information content (AvgIpc) is 2.61. The summed E-state index contributed by atoms with van der Waals surface area (Å²) in [5.74, 6) is -2.82. The van der Waals surface area contributed by atoms with E-state index in [1.165, 1.54) is 16.9 Å². The van der Waals surface area contributed by atoms with E-state index in [2.05, 4.69) is 10.1 Å². The highest BCUT2D eigenvalue weighted by Crippen LogP contribution is 2.57. The highest BCUT2D eigenvalue weighted by molar-refractivity contribution is 5.40. The first kappa shape index (κ1) is 8.72. The van der Waals surface area contributed by atoms with Crippen molar-refractivity contribution in [2.75, 3.05) is 0 Å². The van der Waals surface area contributed by atoms with E-state index in [0.717, 1.165) is 0 Å². The molecule has 1 aliphatic rings. The van der Waals surface area contributed by atoms with Crippen LogP contribution in [-0.2, 0) is 5.54 Å². The lowest BCUT2D eigenvalue weighted by Crippen LogP contribution is -2.27. The van der Waals surface area contributed by atoms with Crippen LogP contribution in [0.1, 0.15) is 12.0 Å². The van der Waals surface area contributed by atoms with Crippen molar-refractivity contribution in [3.8, 4) is 0 Å². The fraction of sp³-hybridized carbons (Fsp3) is 0.333. The summed E-state index contributed by atoms with van der Waals surface area (Å²) in [6.07, 6.45) is 4.12. The normalized spacial score (nSPS) is 28.2. The van der Waals surface area contributed by atoms with E-state index in [1.54, 1.807) is 12.3 Å². The van der Waals surface area contributed by atoms with E-state index in [9.17, 15) is 8.78 Å². The molecular weight excluding hydrogens is 202 g/mol. The molecule has 3 rings (SSSR count). The third-order valence-electron chi connectivity index (χ3n) is 2.79. The zero-order valence-electron chi connectivity index (χ0n) is 7.69. The molecule has 15 heavy (non-hydrogen) atoms. The van der Waals surface area contributed by atoms with Crippen molar-refractivity contribution < 1.29 is 8.78 Å². The molecule has 4 nitrogen and oxygen atoms in total. The van der Waals surface area contributed by atoms with E-state index >= 15 is 0 Å². The largest absolute Gasteiger partial charge is 0.316 e. The predicted molar refractivity (Wildman–Crippen MR) is 48.4 cm³/mol. The summed E-state index contributed by atoms with van der Waals surface area (Å²) in [7, 11) is 0. The van der Waals surface area contributed by atoms with Crippen molar-refractivity contribution in [2.45, 2.75) is 17.9 Å². The first-order chi connectivity index (χ1) is 7.03. The van der Waals surface area contributed by atoms with Crippen molar-refractivity contribution in [3.63, 3.8) is 0 Å². The number of hydrogen-bond acceptors (Lipinski definition) is 3. The summed E-state index contributed by atoms with van der Waals surface area (Å²) < 4.78 is 27.5. The van der Waals surface area contributed by atoms with Crippen LogP contribution in [0.4, 0.5) is 8.78 Å². The van der Waals surface area contributed by atoms with Gasteiger partial charge in [-0.1, -0.05) is 0 Å². The summed E-state index contributed by atoms with van der Waals surface area (Å²) in [6, 6.07) is 1.69. The zero-order valence-corrected chi connectivity index (χ0v) is 7.69. The molecule has 78 valence electrons. The molecule has 0 radical (unpaired) electrons. The molecule has 2 heterocycles. The Labute approximate surface area is 83.7 Å². The van der Waals surface area contributed by atoms with Crippen LogP contribution in [0.5, 0.6) is 0 Å². The number of nitrogens with two attached hydrogens (primary N) is 1. The molecule has 1 atom stereocenters. The summed E-state index contributed by atoms with van der Waals surface area (Å²) in [5.41, 5.74) is 4.96. The molecule has 1 aliphatic carbocycles. The summed E-state index contributed by atoms with van der Waals surface area (Å²) >= 11 is 0. The Morgan fingerprint density at radius 2 is 2.20 bits per heavy atom. The average molecular weight is 210 g/mol. The zero-order chi connectivity index (χ0) is 10.7. The van der Waals surface area contributed by atoms with Gasteiger partial charge >= 0.3 is 0 Å². The van der Waals surface area contributed by atoms with Gasteiger partial charge < -0.3 is 5.73 Å². The summed E-state index contributed by atoms with van der Waals surface area (Å²) in [5, 5.41) is 3.92. The highest BCUT2D eigenvalue weighted by atomic mass is 19.3. The monoisotopic (exact) mass is 210 g/mol. The predicted octanol–water partition coefficient (Wildman–Crippen LogP) is 0.922. The Kier molecular flexibility index (Phi) is 1.35. The van der Waals surface area contributed by atoms with Crippen LogP contribution in [0.3, 0.4) is 0 Å². The number of nitrogens with zero attached hydrogens (tertiary/aromatic N) is 3. The molecule has 0 amide bonds. The third kappa shape index (κ3) is 1.02. The number of rotatable bonds is 1. The van der Waals surface area contributed by atoms with Gasteiger partial charge in [0.2, 0.25) is 0 Å². The minimum atomic E-state index is -2.82. The van der Waals surface area contributed by atoms with Crippen molar-refractivity contribution in [2.24, 2.45) is 5.73 Å². The molecule has 0 aromatic carbocycles. The van der Waals surface area contributed by atoms with Gasteiger partial charge in [0.05, 0.1) is 6.20 Å². The van der Waals surface area contributed by atoms with Crippen LogP contribution in [0.15, 0.2) is 24.7 Å². The van der Waals surface area contributed by atoms with Gasteiger partial charge in [-0.15, -0.1) is 0 Å². The Balaban J connectivity index is 2.13. The van der Waals surface area contributed by atoms with Gasteiger partial charge in [0.25, 0.3) is 5.92 Å². The number of hydrogen-bond donors (Lipinski definition) is 1. The molecule has 1 unspecified atom stereocenters. The smallest absolute Gasteiger partial charge is 0.272 e. The fourth-order valence-corrected chi connectivity index (χ4v) is 1.66. The maximum absolute atomic E-state index is 13.0. The van der Waals surface area contributed by atoms with E-state index in [-0.39, 0.29) is 6.42 Å². The van der Waals surface area contributed by atoms with Crippen LogP contribution in [0, 0.1) is 0 Å². The quantitative estimate of drug-likeness (QED) is 0.761. The molecule has 2 aromatic heterocycles. The van der Waals surface area contributed by atoms with E-state index in [1.807, 2.05) is 0 Å². The molecular formula is C9H8F2N4. The van der Waals surface area contributed by atoms with E-state index in [4.69, 9.17) is 5.73 Å². The van der Waals surface area contributed by atoms with Gasteiger partial charge in [-0.2, -0.15) is 5.10 Å². The number of alkyl halides is 2. The molecule has 1 saturated carbocycles. The molecule has 1 fully saturated rings. The lowest BCUT2D eigenvalue weighted by molar-refractivity contribution is 0.0889. The van der Waals surface area contributed by atoms with Crippen molar-refractivity contribution in [1.82, 2.24) is 14.6 Å². The Morgan fingerprint density at radius 1 is 1.47 bits per heavy atom. The Bertz CT molecular complexity index is 536. The van der Waals surface area contributed by atoms with Crippen LogP contribution in [0.2, 0.25) is 0 Å². The summed E-state index contributed by atoms with van der Waals surface area (Å²) in [4.78, 5) is 4.00. The molecule has 2 N–H and O–H groups in total. The Morgan fingerprint density at radius 3 is 2.87 bits per heavy atom. The SMILES string of the molecule is NC1(c2cnc3ccnn3c2)CC1(F)F. The topological polar surface area (TPSA) is 56.2 Å². The number of aromatic nitrogens is 3. The minimum Gasteiger partial charge on any atom is -0.316 e. The first-order valence-corrected chi connectivity index (χ1v) is 4.49. The van der Waals surface area contributed by atoms with Gasteiger partial charge in [-0.25, -0.2) is 18.3 Å². The third-order valence-corrected chi connectivity index (χ3v) is 2.79. The minimum absolute atomic E-state index is 0.323. The summed E-state index contributed by atoms with van der Waals surface area (Å²) in [6.45, 7) is 0. The lowest BCUT2D eigenvalue weighted by atomic mass is 10.1. The fourth-order valence-electron chi connectivity index (χ4n) is 1.66. The van der Waals surface area contributed by atoms with Crippen molar-refractivity contribution in [1.29, 1.82) is 0 Å². The van der Waals surface area contributed by atoms with Crippen LogP contribution in [0.25, 0.3) is 5.65 Å².